The molecule has 2 aliphatic carbocycles. The monoisotopic (exact) mass is 343 g/mol. The Hall–Kier alpha value is -0.940. The summed E-state index contributed by atoms with van der Waals surface area (Å²) < 4.78 is 5.81. The Morgan fingerprint density at radius 3 is 2.25 bits per heavy atom. The molecule has 0 aromatic rings. The van der Waals surface area contributed by atoms with Crippen LogP contribution >= 0.6 is 0 Å². The van der Waals surface area contributed by atoms with Crippen LogP contribution in [0.1, 0.15) is 79.5 Å². The van der Waals surface area contributed by atoms with Crippen molar-refractivity contribution in [2.45, 2.75) is 90.2 Å². The topological polar surface area (TPSA) is 86.9 Å². The highest BCUT2D eigenvalue weighted by molar-refractivity contribution is 5.83. The van der Waals surface area contributed by atoms with Crippen molar-refractivity contribution in [1.82, 2.24) is 5.32 Å². The van der Waals surface area contributed by atoms with Crippen molar-refractivity contribution in [3.05, 3.63) is 0 Å². The molecule has 5 nitrogen and oxygen atoms in total. The third-order valence-corrected chi connectivity index (χ3v) is 5.30. The molecule has 3 N–H and O–H groups in total. The molecular weight excluding hydrogens is 306 g/mol. The molecular formula is C19H37NO4. The first-order valence-electron chi connectivity index (χ1n) is 9.51. The number of nitrogens with one attached hydrogen (secondary N) is 1. The quantitative estimate of drug-likeness (QED) is 0.770. The zero-order chi connectivity index (χ0) is 16.7. The maximum absolute atomic E-state index is 12.0. The van der Waals surface area contributed by atoms with Gasteiger partial charge in [0.1, 0.15) is 5.78 Å². The van der Waals surface area contributed by atoms with E-state index in [0.717, 1.165) is 38.5 Å². The summed E-state index contributed by atoms with van der Waals surface area (Å²) in [7, 11) is 0. The second kappa shape index (κ2) is 10.8. The first kappa shape index (κ1) is 21.1. The van der Waals surface area contributed by atoms with Crippen molar-refractivity contribution in [3.8, 4) is 0 Å². The predicted molar refractivity (Wildman–Crippen MR) is 96.9 cm³/mol. The molecule has 0 radical (unpaired) electrons. The fraction of sp³-hybridized carbons (Fsp3) is 0.895. The largest absolute Gasteiger partial charge is 0.412 e. The number of carbonyl (C=O) groups is 2. The first-order chi connectivity index (χ1) is 11.1. The molecule has 0 heterocycles. The summed E-state index contributed by atoms with van der Waals surface area (Å²) in [6, 6.07) is 0.244. The summed E-state index contributed by atoms with van der Waals surface area (Å²) in [4.78, 5) is 24.0. The van der Waals surface area contributed by atoms with Crippen LogP contribution in [-0.4, -0.2) is 35.9 Å². The minimum atomic E-state index is 0. The summed E-state index contributed by atoms with van der Waals surface area (Å²) in [5.74, 6) is 0.816. The van der Waals surface area contributed by atoms with Gasteiger partial charge < -0.3 is 15.5 Å². The number of ether oxygens (including phenoxy) is 1. The first-order valence-corrected chi connectivity index (χ1v) is 9.51. The van der Waals surface area contributed by atoms with Crippen LogP contribution < -0.4 is 5.32 Å². The van der Waals surface area contributed by atoms with Crippen LogP contribution in [0.3, 0.4) is 0 Å². The molecule has 142 valence electrons. The molecule has 24 heavy (non-hydrogen) atoms. The third kappa shape index (κ3) is 6.89. The smallest absolute Gasteiger partial charge is 0.222 e. The molecule has 0 saturated heterocycles. The highest BCUT2D eigenvalue weighted by Gasteiger charge is 2.28. The van der Waals surface area contributed by atoms with Crippen LogP contribution in [0.4, 0.5) is 0 Å². The maximum Gasteiger partial charge on any atom is 0.222 e. The van der Waals surface area contributed by atoms with E-state index >= 15 is 0 Å². The molecule has 0 spiro atoms. The number of rotatable bonds is 7. The van der Waals surface area contributed by atoms with E-state index in [1.165, 1.54) is 19.3 Å². The van der Waals surface area contributed by atoms with Crippen molar-refractivity contribution >= 4 is 11.7 Å². The SMILES string of the molecule is CC(C)C(=O)C1CCC(NC(=O)CCOC2CCCCC2)CC1.O.[HH]. The Morgan fingerprint density at radius 2 is 1.67 bits per heavy atom. The minimum Gasteiger partial charge on any atom is -0.412 e. The lowest BCUT2D eigenvalue weighted by molar-refractivity contribution is -0.127. The van der Waals surface area contributed by atoms with Gasteiger partial charge in [0.05, 0.1) is 12.7 Å². The molecule has 0 aromatic carbocycles. The lowest BCUT2D eigenvalue weighted by atomic mass is 9.80. The molecule has 0 atom stereocenters. The Kier molecular flexibility index (Phi) is 9.52. The highest BCUT2D eigenvalue weighted by Crippen LogP contribution is 2.27. The van der Waals surface area contributed by atoms with Gasteiger partial charge in [-0.2, -0.15) is 0 Å². The summed E-state index contributed by atoms with van der Waals surface area (Å²) in [6.07, 6.45) is 10.7. The third-order valence-electron chi connectivity index (χ3n) is 5.30. The van der Waals surface area contributed by atoms with Gasteiger partial charge in [-0.05, 0) is 38.5 Å². The van der Waals surface area contributed by atoms with Crippen molar-refractivity contribution < 1.29 is 21.2 Å². The molecule has 0 bridgehead atoms. The zero-order valence-corrected chi connectivity index (χ0v) is 15.3. The summed E-state index contributed by atoms with van der Waals surface area (Å²) in [6.45, 7) is 4.49. The van der Waals surface area contributed by atoms with Gasteiger partial charge in [0.25, 0.3) is 0 Å². The van der Waals surface area contributed by atoms with Gasteiger partial charge >= 0.3 is 0 Å². The van der Waals surface area contributed by atoms with E-state index in [0.29, 0.717) is 24.9 Å². The van der Waals surface area contributed by atoms with Crippen molar-refractivity contribution in [3.63, 3.8) is 0 Å². The van der Waals surface area contributed by atoms with Crippen molar-refractivity contribution in [2.24, 2.45) is 11.8 Å². The molecule has 0 aliphatic heterocycles. The fourth-order valence-electron chi connectivity index (χ4n) is 3.84. The Bertz CT molecular complexity index is 389. The molecule has 5 heteroatoms. The van der Waals surface area contributed by atoms with E-state index in [9.17, 15) is 9.59 Å². The van der Waals surface area contributed by atoms with Crippen LogP contribution in [0.5, 0.6) is 0 Å². The van der Waals surface area contributed by atoms with E-state index in [1.807, 2.05) is 13.8 Å². The highest BCUT2D eigenvalue weighted by atomic mass is 16.5. The Labute approximate surface area is 147 Å². The van der Waals surface area contributed by atoms with Gasteiger partial charge in [-0.15, -0.1) is 0 Å². The molecule has 2 fully saturated rings. The summed E-state index contributed by atoms with van der Waals surface area (Å²) in [5.41, 5.74) is 0. The van der Waals surface area contributed by atoms with Gasteiger partial charge in [0.15, 0.2) is 0 Å². The number of hydrogen-bond donors (Lipinski definition) is 1. The van der Waals surface area contributed by atoms with Gasteiger partial charge in [0.2, 0.25) is 5.91 Å². The van der Waals surface area contributed by atoms with Gasteiger partial charge in [-0.3, -0.25) is 9.59 Å². The van der Waals surface area contributed by atoms with Gasteiger partial charge in [-0.1, -0.05) is 33.1 Å². The number of ketones is 1. The standard InChI is InChI=1S/C19H33NO3.H2O.H2/c1-14(2)19(22)15-8-10-16(11-9-15)20-18(21)12-13-23-17-6-4-3-5-7-17;;/h14-17H,3-13H2,1-2H3,(H,20,21);1H2;1H. The van der Waals surface area contributed by atoms with Gasteiger partial charge in [-0.25, -0.2) is 0 Å². The zero-order valence-electron chi connectivity index (χ0n) is 15.3. The van der Waals surface area contributed by atoms with Crippen LogP contribution in [0.25, 0.3) is 0 Å². The molecule has 2 rings (SSSR count). The van der Waals surface area contributed by atoms with E-state index < -0.39 is 0 Å². The summed E-state index contributed by atoms with van der Waals surface area (Å²) >= 11 is 0. The van der Waals surface area contributed by atoms with Crippen LogP contribution in [0.15, 0.2) is 0 Å². The van der Waals surface area contributed by atoms with Gasteiger partial charge in [0, 0.05) is 25.7 Å². The lowest BCUT2D eigenvalue weighted by Crippen LogP contribution is -2.39. The number of carbonyl (C=O) groups excluding carboxylic acids is 2. The molecule has 2 aliphatic rings. The fourth-order valence-corrected chi connectivity index (χ4v) is 3.84. The second-order valence-electron chi connectivity index (χ2n) is 7.55. The Balaban J connectivity index is 0.00000288. The van der Waals surface area contributed by atoms with Crippen molar-refractivity contribution in [2.75, 3.05) is 6.61 Å². The molecule has 0 aromatic heterocycles. The minimum absolute atomic E-state index is 0. The lowest BCUT2D eigenvalue weighted by Gasteiger charge is -2.29. The average Bonchev–Trinajstić information content (AvgIpc) is 2.56. The summed E-state index contributed by atoms with van der Waals surface area (Å²) in [5, 5.41) is 3.12. The number of Topliss-reactive ketones (excluding diaryl/α,β-unsaturated/α-hetero) is 1. The van der Waals surface area contributed by atoms with Crippen LogP contribution in [-0.2, 0) is 14.3 Å². The Morgan fingerprint density at radius 1 is 1.04 bits per heavy atom. The molecule has 1 amide bonds. The van der Waals surface area contributed by atoms with E-state index in [1.54, 1.807) is 0 Å². The van der Waals surface area contributed by atoms with E-state index in [4.69, 9.17) is 4.74 Å². The number of hydrogen-bond acceptors (Lipinski definition) is 3. The average molecular weight is 344 g/mol. The van der Waals surface area contributed by atoms with E-state index in [2.05, 4.69) is 5.32 Å². The predicted octanol–water partition coefficient (Wildman–Crippen LogP) is 3.05. The normalized spacial score (nSPS) is 25.1. The van der Waals surface area contributed by atoms with Crippen LogP contribution in [0.2, 0.25) is 0 Å². The van der Waals surface area contributed by atoms with E-state index in [-0.39, 0.29) is 30.7 Å². The molecule has 0 unspecified atom stereocenters. The maximum atomic E-state index is 12.0. The second-order valence-corrected chi connectivity index (χ2v) is 7.55. The number of amides is 1. The van der Waals surface area contributed by atoms with Crippen molar-refractivity contribution in [1.29, 1.82) is 0 Å². The molecule has 2 saturated carbocycles. The van der Waals surface area contributed by atoms with Crippen LogP contribution in [0, 0.1) is 11.8 Å².